The summed E-state index contributed by atoms with van der Waals surface area (Å²) in [5.41, 5.74) is 1.79. The predicted molar refractivity (Wildman–Crippen MR) is 111 cm³/mol. The molecule has 150 valence electrons. The van der Waals surface area contributed by atoms with Crippen molar-refractivity contribution < 1.29 is 23.9 Å². The molecule has 7 nitrogen and oxygen atoms in total. The van der Waals surface area contributed by atoms with E-state index < -0.39 is 0 Å². The summed E-state index contributed by atoms with van der Waals surface area (Å²) in [6, 6.07) is 20.6. The van der Waals surface area contributed by atoms with Gasteiger partial charge in [-0.15, -0.1) is 0 Å². The van der Waals surface area contributed by atoms with E-state index in [2.05, 4.69) is 10.6 Å². The summed E-state index contributed by atoms with van der Waals surface area (Å²) in [5.74, 6) is -0.0978. The average molecular weight is 402 g/mol. The third kappa shape index (κ3) is 4.30. The van der Waals surface area contributed by atoms with Gasteiger partial charge in [0, 0.05) is 11.3 Å². The molecule has 0 bridgehead atoms. The summed E-state index contributed by atoms with van der Waals surface area (Å²) in [6.07, 6.45) is 0. The summed E-state index contributed by atoms with van der Waals surface area (Å²) in [5, 5.41) is 5.46. The first-order chi connectivity index (χ1) is 14.6. The standard InChI is InChI=1S/C23H18N2O5/c26-19(15-10-11-21-18(12-15)25-22(27)14-30-21)13-29-20-9-5-4-8-17(20)23(28)24-16-6-2-1-3-7-16/h1-12H,13-14H2,(H,24,28)(H,25,27). The number of hydrogen-bond acceptors (Lipinski definition) is 5. The number of anilines is 2. The van der Waals surface area contributed by atoms with Gasteiger partial charge in [0.2, 0.25) is 0 Å². The van der Waals surface area contributed by atoms with E-state index in [0.29, 0.717) is 34.0 Å². The number of ketones is 1. The van der Waals surface area contributed by atoms with Crippen LogP contribution in [-0.4, -0.2) is 30.8 Å². The molecule has 0 saturated heterocycles. The Hall–Kier alpha value is -4.13. The van der Waals surface area contributed by atoms with Crippen LogP contribution in [0.5, 0.6) is 11.5 Å². The quantitative estimate of drug-likeness (QED) is 0.615. The Morgan fingerprint density at radius 3 is 2.60 bits per heavy atom. The maximum Gasteiger partial charge on any atom is 0.262 e. The van der Waals surface area contributed by atoms with E-state index in [1.807, 2.05) is 18.2 Å². The van der Waals surface area contributed by atoms with Crippen LogP contribution >= 0.6 is 0 Å². The van der Waals surface area contributed by atoms with E-state index in [9.17, 15) is 14.4 Å². The lowest BCUT2D eigenvalue weighted by molar-refractivity contribution is -0.118. The zero-order valence-corrected chi connectivity index (χ0v) is 15.9. The molecule has 1 aliphatic rings. The number of Topliss-reactive ketones (excluding diaryl/α,β-unsaturated/α-hetero) is 1. The van der Waals surface area contributed by atoms with Gasteiger partial charge in [0.1, 0.15) is 11.5 Å². The van der Waals surface area contributed by atoms with Crippen molar-refractivity contribution in [2.24, 2.45) is 0 Å². The fraction of sp³-hybridized carbons (Fsp3) is 0.0870. The van der Waals surface area contributed by atoms with Crippen LogP contribution in [0, 0.1) is 0 Å². The van der Waals surface area contributed by atoms with Crippen LogP contribution in [0.1, 0.15) is 20.7 Å². The van der Waals surface area contributed by atoms with E-state index in [-0.39, 0.29) is 30.8 Å². The molecule has 1 heterocycles. The molecule has 0 aromatic heterocycles. The second kappa shape index (κ2) is 8.48. The highest BCUT2D eigenvalue weighted by atomic mass is 16.5. The van der Waals surface area contributed by atoms with Crippen molar-refractivity contribution in [3.63, 3.8) is 0 Å². The van der Waals surface area contributed by atoms with Crippen molar-refractivity contribution in [1.82, 2.24) is 0 Å². The molecule has 2 N–H and O–H groups in total. The molecule has 0 atom stereocenters. The van der Waals surface area contributed by atoms with Gasteiger partial charge in [0.25, 0.3) is 11.8 Å². The Morgan fingerprint density at radius 2 is 1.77 bits per heavy atom. The van der Waals surface area contributed by atoms with Gasteiger partial charge in [0.15, 0.2) is 19.0 Å². The van der Waals surface area contributed by atoms with E-state index in [1.54, 1.807) is 54.6 Å². The molecule has 30 heavy (non-hydrogen) atoms. The van der Waals surface area contributed by atoms with Crippen molar-refractivity contribution in [1.29, 1.82) is 0 Å². The number of amides is 2. The van der Waals surface area contributed by atoms with Gasteiger partial charge in [-0.25, -0.2) is 0 Å². The zero-order chi connectivity index (χ0) is 20.9. The first kappa shape index (κ1) is 19.2. The fourth-order valence-electron chi connectivity index (χ4n) is 2.98. The minimum Gasteiger partial charge on any atom is -0.485 e. The summed E-state index contributed by atoms with van der Waals surface area (Å²) < 4.78 is 10.9. The average Bonchev–Trinajstić information content (AvgIpc) is 2.77. The van der Waals surface area contributed by atoms with E-state index >= 15 is 0 Å². The van der Waals surface area contributed by atoms with Gasteiger partial charge in [-0.2, -0.15) is 0 Å². The molecule has 0 unspecified atom stereocenters. The Bertz CT molecular complexity index is 1110. The van der Waals surface area contributed by atoms with Crippen LogP contribution in [0.15, 0.2) is 72.8 Å². The molecule has 0 saturated carbocycles. The minimum absolute atomic E-state index is 0.0504. The van der Waals surface area contributed by atoms with Crippen molar-refractivity contribution in [3.8, 4) is 11.5 Å². The van der Waals surface area contributed by atoms with Crippen molar-refractivity contribution in [2.75, 3.05) is 23.8 Å². The van der Waals surface area contributed by atoms with Crippen LogP contribution in [-0.2, 0) is 4.79 Å². The number of ether oxygens (including phenoxy) is 2. The van der Waals surface area contributed by atoms with Crippen LogP contribution < -0.4 is 20.1 Å². The van der Waals surface area contributed by atoms with E-state index in [0.717, 1.165) is 0 Å². The van der Waals surface area contributed by atoms with Crippen molar-refractivity contribution in [2.45, 2.75) is 0 Å². The van der Waals surface area contributed by atoms with Crippen LogP contribution in [0.4, 0.5) is 11.4 Å². The smallest absolute Gasteiger partial charge is 0.262 e. The van der Waals surface area contributed by atoms with Crippen LogP contribution in [0.2, 0.25) is 0 Å². The minimum atomic E-state index is -0.335. The third-order valence-electron chi connectivity index (χ3n) is 4.46. The number of carbonyl (C=O) groups is 3. The molecule has 0 spiro atoms. The molecule has 7 heteroatoms. The normalized spacial score (nSPS) is 12.2. The molecule has 0 radical (unpaired) electrons. The predicted octanol–water partition coefficient (Wildman–Crippen LogP) is 3.53. The highest BCUT2D eigenvalue weighted by molar-refractivity contribution is 6.06. The number of para-hydroxylation sites is 2. The molecule has 4 rings (SSSR count). The maximum atomic E-state index is 12.6. The molecule has 3 aromatic carbocycles. The topological polar surface area (TPSA) is 93.7 Å². The van der Waals surface area contributed by atoms with E-state index in [1.165, 1.54) is 0 Å². The van der Waals surface area contributed by atoms with Crippen molar-refractivity contribution >= 4 is 29.0 Å². The number of rotatable bonds is 6. The number of nitrogens with one attached hydrogen (secondary N) is 2. The lowest BCUT2D eigenvalue weighted by Gasteiger charge is -2.18. The Labute approximate surface area is 172 Å². The number of benzene rings is 3. The van der Waals surface area contributed by atoms with Gasteiger partial charge < -0.3 is 20.1 Å². The van der Waals surface area contributed by atoms with Gasteiger partial charge in [-0.05, 0) is 42.5 Å². The number of fused-ring (bicyclic) bond motifs is 1. The monoisotopic (exact) mass is 402 g/mol. The first-order valence-corrected chi connectivity index (χ1v) is 9.28. The van der Waals surface area contributed by atoms with Gasteiger partial charge in [-0.3, -0.25) is 14.4 Å². The van der Waals surface area contributed by atoms with Crippen LogP contribution in [0.3, 0.4) is 0 Å². The second-order valence-electron chi connectivity index (χ2n) is 6.58. The highest BCUT2D eigenvalue weighted by Crippen LogP contribution is 2.29. The summed E-state index contributed by atoms with van der Waals surface area (Å²) in [6.45, 7) is -0.311. The van der Waals surface area contributed by atoms with Gasteiger partial charge in [0.05, 0.1) is 11.3 Å². The van der Waals surface area contributed by atoms with Gasteiger partial charge >= 0.3 is 0 Å². The largest absolute Gasteiger partial charge is 0.485 e. The van der Waals surface area contributed by atoms with Crippen molar-refractivity contribution in [3.05, 3.63) is 83.9 Å². The molecule has 3 aromatic rings. The SMILES string of the molecule is O=C1COc2ccc(C(=O)COc3ccccc3C(=O)Nc3ccccc3)cc2N1. The molecule has 1 aliphatic heterocycles. The Balaban J connectivity index is 1.45. The Morgan fingerprint density at radius 1 is 1.00 bits per heavy atom. The third-order valence-corrected chi connectivity index (χ3v) is 4.46. The molecule has 0 aliphatic carbocycles. The molecular formula is C23H18N2O5. The molecule has 2 amide bonds. The van der Waals surface area contributed by atoms with Gasteiger partial charge in [-0.1, -0.05) is 30.3 Å². The molecule has 0 fully saturated rings. The lowest BCUT2D eigenvalue weighted by atomic mass is 10.1. The number of hydrogen-bond donors (Lipinski definition) is 2. The second-order valence-corrected chi connectivity index (χ2v) is 6.58. The molecular weight excluding hydrogens is 384 g/mol. The zero-order valence-electron chi connectivity index (χ0n) is 15.9. The van der Waals surface area contributed by atoms with E-state index in [4.69, 9.17) is 9.47 Å². The highest BCUT2D eigenvalue weighted by Gasteiger charge is 2.19. The van der Waals surface area contributed by atoms with Crippen LogP contribution in [0.25, 0.3) is 0 Å². The summed E-state index contributed by atoms with van der Waals surface area (Å²) in [7, 11) is 0. The summed E-state index contributed by atoms with van der Waals surface area (Å²) >= 11 is 0. The number of carbonyl (C=O) groups excluding carboxylic acids is 3. The summed E-state index contributed by atoms with van der Waals surface area (Å²) in [4.78, 5) is 36.7. The lowest BCUT2D eigenvalue weighted by Crippen LogP contribution is -2.25. The maximum absolute atomic E-state index is 12.6. The Kier molecular flexibility index (Phi) is 5.43. The first-order valence-electron chi connectivity index (χ1n) is 9.28. The fourth-order valence-corrected chi connectivity index (χ4v) is 2.98.